The fraction of sp³-hybridized carbons (Fsp3) is 0.0678. The lowest BCUT2D eigenvalue weighted by Gasteiger charge is -2.02. The summed E-state index contributed by atoms with van der Waals surface area (Å²) in [7, 11) is 0. The Morgan fingerprint density at radius 1 is 0.281 bits per heavy atom. The third-order valence-corrected chi connectivity index (χ3v) is 9.71. The monoisotopic (exact) mass is 831 g/mol. The molecule has 10 aromatic rings. The number of aryl methyl sites for hydroxylation is 4. The Labute approximate surface area is 379 Å². The lowest BCUT2D eigenvalue weighted by molar-refractivity contribution is 1.21. The molecule has 0 aliphatic heterocycles. The van der Waals surface area contributed by atoms with Crippen LogP contribution in [0.15, 0.2) is 249 Å². The topological polar surface area (TPSA) is 64.5 Å². The zero-order valence-corrected chi connectivity index (χ0v) is 36.9. The first kappa shape index (κ1) is 45.4. The Morgan fingerprint density at radius 3 is 1.23 bits per heavy atom. The predicted octanol–water partition coefficient (Wildman–Crippen LogP) is 15.0. The smallest absolute Gasteiger partial charge is 0.0731 e. The molecule has 0 fully saturated rings. The van der Waals surface area contributed by atoms with Crippen molar-refractivity contribution in [3.8, 4) is 56.3 Å². The minimum Gasteiger partial charge on any atom is -0.256 e. The summed E-state index contributed by atoms with van der Waals surface area (Å²) in [6.07, 6.45) is 7.37. The minimum absolute atomic E-state index is 1.03. The van der Waals surface area contributed by atoms with Gasteiger partial charge in [0, 0.05) is 58.3 Å². The Morgan fingerprint density at radius 2 is 0.750 bits per heavy atom. The average molecular weight is 832 g/mol. The van der Waals surface area contributed by atoms with Crippen molar-refractivity contribution in [3.05, 3.63) is 272 Å². The van der Waals surface area contributed by atoms with Crippen LogP contribution in [-0.4, -0.2) is 24.9 Å². The molecule has 10 rings (SSSR count). The van der Waals surface area contributed by atoms with E-state index < -0.39 is 0 Å². The molecular weight excluding hydrogens is 779 g/mol. The van der Waals surface area contributed by atoms with E-state index in [1.165, 1.54) is 38.9 Å². The number of rotatable bonds is 5. The summed E-state index contributed by atoms with van der Waals surface area (Å²) in [5.41, 5.74) is 15.8. The molecule has 5 heteroatoms. The second-order valence-electron chi connectivity index (χ2n) is 14.8. The van der Waals surface area contributed by atoms with Crippen molar-refractivity contribution in [2.45, 2.75) is 27.7 Å². The van der Waals surface area contributed by atoms with Crippen LogP contribution in [0.25, 0.3) is 56.3 Å². The maximum atomic E-state index is 4.44. The minimum atomic E-state index is 1.03. The number of benzene rings is 5. The summed E-state index contributed by atoms with van der Waals surface area (Å²) >= 11 is 0. The number of hydrogen-bond donors (Lipinski definition) is 0. The first-order chi connectivity index (χ1) is 31.4. The highest BCUT2D eigenvalue weighted by Crippen LogP contribution is 2.20. The standard InChI is InChI=1S/4C12H11N.C11H9N/c1-10-6-5-9-13-12(10)11-7-3-2-4-8-11;1-10-6-5-9-12(13-10)11-7-3-2-4-8-11;1-10-7-8-13-12(9-10)11-5-3-2-4-6-11;1-10-7-8-12(13-9-10)11-5-3-2-4-6-11;1-2-6-10(7-3-1)11-8-4-5-9-12-11/h4*2-9H,1H3;1-9H. The van der Waals surface area contributed by atoms with Crippen LogP contribution in [0.3, 0.4) is 0 Å². The molecule has 5 aromatic carbocycles. The zero-order chi connectivity index (χ0) is 44.6. The summed E-state index contributed by atoms with van der Waals surface area (Å²) < 4.78 is 0. The first-order valence-electron chi connectivity index (χ1n) is 21.3. The predicted molar refractivity (Wildman–Crippen MR) is 267 cm³/mol. The van der Waals surface area contributed by atoms with Crippen LogP contribution < -0.4 is 0 Å². The van der Waals surface area contributed by atoms with Gasteiger partial charge in [0.15, 0.2) is 0 Å². The molecule has 0 saturated heterocycles. The quantitative estimate of drug-likeness (QED) is 0.173. The fourth-order valence-corrected chi connectivity index (χ4v) is 6.39. The van der Waals surface area contributed by atoms with Gasteiger partial charge in [-0.1, -0.05) is 176 Å². The summed E-state index contributed by atoms with van der Waals surface area (Å²) in [6.45, 7) is 8.21. The summed E-state index contributed by atoms with van der Waals surface area (Å²) in [5.74, 6) is 0. The zero-order valence-electron chi connectivity index (χ0n) is 36.9. The number of pyridine rings is 5. The maximum Gasteiger partial charge on any atom is 0.0731 e. The molecule has 0 bridgehead atoms. The van der Waals surface area contributed by atoms with Crippen LogP contribution in [0.1, 0.15) is 22.4 Å². The molecular formula is C59H53N5. The van der Waals surface area contributed by atoms with E-state index in [0.717, 1.165) is 39.7 Å². The second kappa shape index (κ2) is 24.9. The molecule has 0 amide bonds. The van der Waals surface area contributed by atoms with Gasteiger partial charge in [0.2, 0.25) is 0 Å². The largest absolute Gasteiger partial charge is 0.256 e. The Kier molecular flexibility index (Phi) is 17.7. The number of hydrogen-bond acceptors (Lipinski definition) is 5. The van der Waals surface area contributed by atoms with Crippen LogP contribution in [0.5, 0.6) is 0 Å². The molecule has 0 spiro atoms. The molecule has 5 aromatic heterocycles. The van der Waals surface area contributed by atoms with Gasteiger partial charge in [0.05, 0.1) is 28.5 Å². The van der Waals surface area contributed by atoms with Gasteiger partial charge in [-0.2, -0.15) is 0 Å². The van der Waals surface area contributed by atoms with E-state index in [1.807, 2.05) is 184 Å². The van der Waals surface area contributed by atoms with Gasteiger partial charge in [0.25, 0.3) is 0 Å². The first-order valence-corrected chi connectivity index (χ1v) is 21.3. The molecule has 0 saturated carbocycles. The molecule has 64 heavy (non-hydrogen) atoms. The molecule has 0 aliphatic rings. The van der Waals surface area contributed by atoms with E-state index >= 15 is 0 Å². The van der Waals surface area contributed by atoms with Crippen molar-refractivity contribution in [2.75, 3.05) is 0 Å². The average Bonchev–Trinajstić information content (AvgIpc) is 3.37. The highest BCUT2D eigenvalue weighted by atomic mass is 14.7. The third kappa shape index (κ3) is 14.8. The Hall–Kier alpha value is -8.15. The SMILES string of the molecule is Cc1ccc(-c2ccccc2)nc1.Cc1cccc(-c2ccccc2)n1.Cc1cccnc1-c1ccccc1.Cc1ccnc(-c2ccccc2)c1.c1ccc(-c2ccccn2)cc1. The van der Waals surface area contributed by atoms with Gasteiger partial charge in [0.1, 0.15) is 0 Å². The molecule has 0 aliphatic carbocycles. The van der Waals surface area contributed by atoms with E-state index in [0.29, 0.717) is 0 Å². The normalized spacial score (nSPS) is 9.88. The molecule has 5 heterocycles. The number of nitrogens with zero attached hydrogens (tertiary/aromatic N) is 5. The molecule has 314 valence electrons. The molecule has 5 nitrogen and oxygen atoms in total. The fourth-order valence-electron chi connectivity index (χ4n) is 6.39. The number of aromatic nitrogens is 5. The van der Waals surface area contributed by atoms with Gasteiger partial charge in [-0.3, -0.25) is 24.9 Å². The van der Waals surface area contributed by atoms with Crippen molar-refractivity contribution < 1.29 is 0 Å². The summed E-state index contributed by atoms with van der Waals surface area (Å²) in [4.78, 5) is 21.7. The van der Waals surface area contributed by atoms with Gasteiger partial charge >= 0.3 is 0 Å². The van der Waals surface area contributed by atoms with Crippen molar-refractivity contribution in [3.63, 3.8) is 0 Å². The van der Waals surface area contributed by atoms with E-state index in [2.05, 4.69) is 118 Å². The Bertz CT molecular complexity index is 2700. The van der Waals surface area contributed by atoms with Crippen molar-refractivity contribution in [1.29, 1.82) is 0 Å². The molecule has 0 N–H and O–H groups in total. The maximum absolute atomic E-state index is 4.44. The third-order valence-electron chi connectivity index (χ3n) is 9.71. The van der Waals surface area contributed by atoms with E-state index in [4.69, 9.17) is 0 Å². The van der Waals surface area contributed by atoms with E-state index in [1.54, 1.807) is 0 Å². The molecule has 0 atom stereocenters. The molecule has 0 radical (unpaired) electrons. The highest BCUT2D eigenvalue weighted by molar-refractivity contribution is 5.63. The second-order valence-corrected chi connectivity index (χ2v) is 14.8. The summed E-state index contributed by atoms with van der Waals surface area (Å²) in [5, 5.41) is 0. The Balaban J connectivity index is 0.000000133. The van der Waals surface area contributed by atoms with Crippen molar-refractivity contribution in [2.24, 2.45) is 0 Å². The van der Waals surface area contributed by atoms with Gasteiger partial charge in [-0.25, -0.2) is 0 Å². The van der Waals surface area contributed by atoms with Crippen LogP contribution in [0.2, 0.25) is 0 Å². The van der Waals surface area contributed by atoms with Crippen LogP contribution >= 0.6 is 0 Å². The van der Waals surface area contributed by atoms with E-state index in [9.17, 15) is 0 Å². The van der Waals surface area contributed by atoms with Crippen molar-refractivity contribution >= 4 is 0 Å². The summed E-state index contributed by atoms with van der Waals surface area (Å²) in [6, 6.07) is 75.3. The van der Waals surface area contributed by atoms with Gasteiger partial charge < -0.3 is 0 Å². The van der Waals surface area contributed by atoms with Gasteiger partial charge in [-0.15, -0.1) is 0 Å². The van der Waals surface area contributed by atoms with Crippen molar-refractivity contribution in [1.82, 2.24) is 24.9 Å². The van der Waals surface area contributed by atoms with E-state index in [-0.39, 0.29) is 0 Å². The van der Waals surface area contributed by atoms with Crippen LogP contribution in [-0.2, 0) is 0 Å². The highest BCUT2D eigenvalue weighted by Gasteiger charge is 2.01. The van der Waals surface area contributed by atoms with Crippen LogP contribution in [0.4, 0.5) is 0 Å². The molecule has 0 unspecified atom stereocenters. The van der Waals surface area contributed by atoms with Gasteiger partial charge in [-0.05, 0) is 92.9 Å². The lowest BCUT2D eigenvalue weighted by atomic mass is 10.1. The van der Waals surface area contributed by atoms with Crippen LogP contribution in [0, 0.1) is 27.7 Å². The lowest BCUT2D eigenvalue weighted by Crippen LogP contribution is -1.85.